The standard InChI is InChI=1S/C13H12ClN/c1-9-7-8-11(14)12(13(9)15)10-5-3-2-4-6-10/h2-8H,15H2,1H3. The highest BCUT2D eigenvalue weighted by Crippen LogP contribution is 2.34. The lowest BCUT2D eigenvalue weighted by molar-refractivity contribution is 1.46. The molecular formula is C13H12ClN. The third-order valence-electron chi connectivity index (χ3n) is 2.48. The summed E-state index contributed by atoms with van der Waals surface area (Å²) in [6.45, 7) is 1.98. The van der Waals surface area contributed by atoms with E-state index in [1.165, 1.54) is 0 Å². The number of aryl methyl sites for hydroxylation is 1. The van der Waals surface area contributed by atoms with E-state index in [2.05, 4.69) is 0 Å². The third-order valence-corrected chi connectivity index (χ3v) is 2.79. The van der Waals surface area contributed by atoms with Gasteiger partial charge in [-0.15, -0.1) is 0 Å². The predicted molar refractivity (Wildman–Crippen MR) is 66.0 cm³/mol. The highest BCUT2D eigenvalue weighted by Gasteiger charge is 2.08. The first kappa shape index (κ1) is 10.1. The maximum absolute atomic E-state index is 6.16. The molecule has 0 saturated carbocycles. The van der Waals surface area contributed by atoms with E-state index in [1.807, 2.05) is 49.4 Å². The van der Waals surface area contributed by atoms with Crippen molar-refractivity contribution in [1.82, 2.24) is 0 Å². The Morgan fingerprint density at radius 3 is 2.33 bits per heavy atom. The minimum Gasteiger partial charge on any atom is -0.398 e. The zero-order chi connectivity index (χ0) is 10.8. The Labute approximate surface area is 94.5 Å². The molecule has 0 saturated heterocycles. The van der Waals surface area contributed by atoms with Crippen molar-refractivity contribution in [3.8, 4) is 11.1 Å². The van der Waals surface area contributed by atoms with Crippen molar-refractivity contribution < 1.29 is 0 Å². The largest absolute Gasteiger partial charge is 0.398 e. The van der Waals surface area contributed by atoms with Crippen molar-refractivity contribution in [3.05, 3.63) is 53.1 Å². The fraction of sp³-hybridized carbons (Fsp3) is 0.0769. The molecule has 2 aromatic rings. The molecule has 2 N–H and O–H groups in total. The van der Waals surface area contributed by atoms with E-state index >= 15 is 0 Å². The van der Waals surface area contributed by atoms with Crippen LogP contribution in [0.1, 0.15) is 5.56 Å². The van der Waals surface area contributed by atoms with E-state index in [9.17, 15) is 0 Å². The molecule has 1 nitrogen and oxygen atoms in total. The van der Waals surface area contributed by atoms with Crippen LogP contribution in [0.25, 0.3) is 11.1 Å². The normalized spacial score (nSPS) is 10.3. The number of hydrogen-bond donors (Lipinski definition) is 1. The number of hydrogen-bond acceptors (Lipinski definition) is 1. The molecule has 15 heavy (non-hydrogen) atoms. The van der Waals surface area contributed by atoms with Gasteiger partial charge in [0.15, 0.2) is 0 Å². The molecule has 0 spiro atoms. The topological polar surface area (TPSA) is 26.0 Å². The van der Waals surface area contributed by atoms with Crippen LogP contribution in [0.15, 0.2) is 42.5 Å². The van der Waals surface area contributed by atoms with Gasteiger partial charge in [-0.3, -0.25) is 0 Å². The van der Waals surface area contributed by atoms with Gasteiger partial charge >= 0.3 is 0 Å². The molecule has 0 aliphatic rings. The van der Waals surface area contributed by atoms with Crippen LogP contribution in [-0.2, 0) is 0 Å². The Kier molecular flexibility index (Phi) is 2.65. The van der Waals surface area contributed by atoms with Crippen molar-refractivity contribution >= 4 is 17.3 Å². The van der Waals surface area contributed by atoms with Crippen LogP contribution in [0.4, 0.5) is 5.69 Å². The first-order chi connectivity index (χ1) is 7.20. The zero-order valence-corrected chi connectivity index (χ0v) is 9.25. The Morgan fingerprint density at radius 1 is 1.00 bits per heavy atom. The van der Waals surface area contributed by atoms with E-state index < -0.39 is 0 Å². The molecule has 0 aliphatic carbocycles. The number of rotatable bonds is 1. The molecule has 0 atom stereocenters. The molecule has 0 heterocycles. The van der Waals surface area contributed by atoms with E-state index in [0.29, 0.717) is 5.02 Å². The summed E-state index contributed by atoms with van der Waals surface area (Å²) in [4.78, 5) is 0. The van der Waals surface area contributed by atoms with E-state index in [-0.39, 0.29) is 0 Å². The van der Waals surface area contributed by atoms with Gasteiger partial charge in [0.2, 0.25) is 0 Å². The quantitative estimate of drug-likeness (QED) is 0.721. The molecule has 2 aromatic carbocycles. The first-order valence-electron chi connectivity index (χ1n) is 4.80. The summed E-state index contributed by atoms with van der Waals surface area (Å²) in [5.74, 6) is 0. The molecule has 2 heteroatoms. The van der Waals surface area contributed by atoms with Gasteiger partial charge in [-0.1, -0.05) is 48.0 Å². The molecule has 0 unspecified atom stereocenters. The van der Waals surface area contributed by atoms with Gasteiger partial charge in [0.05, 0.1) is 5.02 Å². The van der Waals surface area contributed by atoms with Crippen LogP contribution in [0, 0.1) is 6.92 Å². The van der Waals surface area contributed by atoms with Crippen LogP contribution in [0.2, 0.25) is 5.02 Å². The Hall–Kier alpha value is -1.47. The minimum absolute atomic E-state index is 0.698. The van der Waals surface area contributed by atoms with Gasteiger partial charge in [-0.25, -0.2) is 0 Å². The molecule has 0 aliphatic heterocycles. The maximum atomic E-state index is 6.16. The zero-order valence-electron chi connectivity index (χ0n) is 8.50. The van der Waals surface area contributed by atoms with Gasteiger partial charge < -0.3 is 5.73 Å². The fourth-order valence-corrected chi connectivity index (χ4v) is 1.87. The molecular weight excluding hydrogens is 206 g/mol. The fourth-order valence-electron chi connectivity index (χ4n) is 1.60. The summed E-state index contributed by atoms with van der Waals surface area (Å²) < 4.78 is 0. The summed E-state index contributed by atoms with van der Waals surface area (Å²) in [6.07, 6.45) is 0. The second-order valence-electron chi connectivity index (χ2n) is 3.52. The van der Waals surface area contributed by atoms with Crippen molar-refractivity contribution in [2.24, 2.45) is 0 Å². The van der Waals surface area contributed by atoms with Crippen LogP contribution in [0.3, 0.4) is 0 Å². The SMILES string of the molecule is Cc1ccc(Cl)c(-c2ccccc2)c1N. The van der Waals surface area contributed by atoms with Gasteiger partial charge in [0.1, 0.15) is 0 Å². The first-order valence-corrected chi connectivity index (χ1v) is 5.18. The average molecular weight is 218 g/mol. The highest BCUT2D eigenvalue weighted by molar-refractivity contribution is 6.34. The molecule has 0 radical (unpaired) electrons. The van der Waals surface area contributed by atoms with Crippen molar-refractivity contribution in [2.75, 3.05) is 5.73 Å². The van der Waals surface area contributed by atoms with Crippen molar-refractivity contribution in [3.63, 3.8) is 0 Å². The second kappa shape index (κ2) is 3.95. The molecule has 0 bridgehead atoms. The third kappa shape index (κ3) is 1.83. The summed E-state index contributed by atoms with van der Waals surface area (Å²) in [5, 5.41) is 0.698. The Morgan fingerprint density at radius 2 is 1.67 bits per heavy atom. The summed E-state index contributed by atoms with van der Waals surface area (Å²) in [6, 6.07) is 13.8. The maximum Gasteiger partial charge on any atom is 0.0505 e. The Balaban J connectivity index is 2.68. The van der Waals surface area contributed by atoms with E-state index in [1.54, 1.807) is 0 Å². The average Bonchev–Trinajstić information content (AvgIpc) is 2.26. The van der Waals surface area contributed by atoms with Gasteiger partial charge in [-0.2, -0.15) is 0 Å². The lowest BCUT2D eigenvalue weighted by Gasteiger charge is -2.10. The smallest absolute Gasteiger partial charge is 0.0505 e. The highest BCUT2D eigenvalue weighted by atomic mass is 35.5. The molecule has 76 valence electrons. The van der Waals surface area contributed by atoms with E-state index in [4.69, 9.17) is 17.3 Å². The minimum atomic E-state index is 0.698. The lowest BCUT2D eigenvalue weighted by Crippen LogP contribution is -1.94. The predicted octanol–water partition coefficient (Wildman–Crippen LogP) is 3.90. The summed E-state index contributed by atoms with van der Waals surface area (Å²) in [7, 11) is 0. The van der Waals surface area contributed by atoms with Crippen molar-refractivity contribution in [2.45, 2.75) is 6.92 Å². The lowest BCUT2D eigenvalue weighted by atomic mass is 10.0. The van der Waals surface area contributed by atoms with Gasteiger partial charge in [0, 0.05) is 11.3 Å². The van der Waals surface area contributed by atoms with Gasteiger partial charge in [-0.05, 0) is 24.1 Å². The van der Waals surface area contributed by atoms with Crippen molar-refractivity contribution in [1.29, 1.82) is 0 Å². The van der Waals surface area contributed by atoms with Crippen LogP contribution < -0.4 is 5.73 Å². The number of nitrogen functional groups attached to an aromatic ring is 1. The molecule has 2 rings (SSSR count). The molecule has 0 fully saturated rings. The number of anilines is 1. The number of benzene rings is 2. The number of halogens is 1. The van der Waals surface area contributed by atoms with Crippen LogP contribution in [-0.4, -0.2) is 0 Å². The van der Waals surface area contributed by atoms with Gasteiger partial charge in [0.25, 0.3) is 0 Å². The summed E-state index contributed by atoms with van der Waals surface area (Å²) in [5.41, 5.74) is 9.83. The number of nitrogens with two attached hydrogens (primary N) is 1. The van der Waals surface area contributed by atoms with Crippen LogP contribution in [0.5, 0.6) is 0 Å². The van der Waals surface area contributed by atoms with Crippen LogP contribution >= 0.6 is 11.6 Å². The molecule has 0 amide bonds. The van der Waals surface area contributed by atoms with E-state index in [0.717, 1.165) is 22.4 Å². The Bertz CT molecular complexity index is 477. The monoisotopic (exact) mass is 217 g/mol. The molecule has 0 aromatic heterocycles. The second-order valence-corrected chi connectivity index (χ2v) is 3.93. The summed E-state index contributed by atoms with van der Waals surface area (Å²) >= 11 is 6.16.